The van der Waals surface area contributed by atoms with Crippen LogP contribution in [-0.4, -0.2) is 29.0 Å². The van der Waals surface area contributed by atoms with Gasteiger partial charge in [-0.1, -0.05) is 66.4 Å². The Labute approximate surface area is 215 Å². The molecular weight excluding hydrogens is 466 g/mol. The molecule has 3 aromatic carbocycles. The van der Waals surface area contributed by atoms with Crippen LogP contribution in [0.1, 0.15) is 48.1 Å². The molecule has 1 aliphatic carbocycles. The normalized spacial score (nSPS) is 14.2. The molecule has 7 heteroatoms. The number of rotatable bonds is 5. The summed E-state index contributed by atoms with van der Waals surface area (Å²) in [7, 11) is 3.17. The van der Waals surface area contributed by atoms with Gasteiger partial charge in [-0.2, -0.15) is 5.10 Å². The van der Waals surface area contributed by atoms with Gasteiger partial charge in [-0.3, -0.25) is 14.8 Å². The molecule has 0 radical (unpaired) electrons. The Morgan fingerprint density at radius 3 is 2.49 bits per heavy atom. The molecule has 0 bridgehead atoms. The number of hydrogen-bond donors (Lipinski definition) is 1. The average molecular weight is 494 g/mol. The van der Waals surface area contributed by atoms with Gasteiger partial charge in [0, 0.05) is 12.6 Å². The number of methoxy groups -OCH3 is 1. The lowest BCUT2D eigenvalue weighted by Gasteiger charge is -2.14. The summed E-state index contributed by atoms with van der Waals surface area (Å²) in [5.74, 6) is 6.56. The lowest BCUT2D eigenvalue weighted by Crippen LogP contribution is -2.21. The van der Waals surface area contributed by atoms with Crippen LogP contribution in [0.3, 0.4) is 0 Å². The summed E-state index contributed by atoms with van der Waals surface area (Å²) in [4.78, 5) is 24.8. The van der Waals surface area contributed by atoms with E-state index < -0.39 is 17.6 Å². The Hall–Kier alpha value is -4.57. The number of carbonyl (C=O) groups is 2. The summed E-state index contributed by atoms with van der Waals surface area (Å²) in [5.41, 5.74) is 2.81. The van der Waals surface area contributed by atoms with Crippen LogP contribution in [0.4, 0.5) is 10.6 Å². The van der Waals surface area contributed by atoms with Crippen molar-refractivity contribution < 1.29 is 19.1 Å². The van der Waals surface area contributed by atoms with E-state index >= 15 is 0 Å². The highest BCUT2D eigenvalue weighted by molar-refractivity contribution is 5.91. The lowest BCUT2D eigenvalue weighted by molar-refractivity contribution is -0.143. The zero-order valence-electron chi connectivity index (χ0n) is 20.9. The lowest BCUT2D eigenvalue weighted by atomic mass is 9.93. The van der Waals surface area contributed by atoms with E-state index in [1.807, 2.05) is 67.6 Å². The molecule has 1 saturated carbocycles. The van der Waals surface area contributed by atoms with E-state index in [1.54, 1.807) is 17.9 Å². The summed E-state index contributed by atoms with van der Waals surface area (Å²) >= 11 is 0. The van der Waals surface area contributed by atoms with Crippen molar-refractivity contribution in [2.45, 2.75) is 31.3 Å². The van der Waals surface area contributed by atoms with E-state index in [1.165, 1.54) is 7.11 Å². The van der Waals surface area contributed by atoms with Gasteiger partial charge < -0.3 is 9.47 Å². The molecule has 1 aliphatic rings. The first kappa shape index (κ1) is 24.1. The number of aryl methyl sites for hydroxylation is 1. The van der Waals surface area contributed by atoms with Gasteiger partial charge in [0.25, 0.3) is 0 Å². The Morgan fingerprint density at radius 1 is 1.03 bits per heavy atom. The van der Waals surface area contributed by atoms with Crippen LogP contribution >= 0.6 is 0 Å². The zero-order valence-corrected chi connectivity index (χ0v) is 20.9. The first-order valence-electron chi connectivity index (χ1n) is 12.1. The molecule has 1 heterocycles. The molecule has 1 unspecified atom stereocenters. The highest BCUT2D eigenvalue weighted by Gasteiger charge is 2.52. The first-order valence-corrected chi connectivity index (χ1v) is 12.1. The first-order chi connectivity index (χ1) is 17.9. The Bertz CT molecular complexity index is 1540. The number of hydrogen-bond acceptors (Lipinski definition) is 5. The predicted octanol–water partition coefficient (Wildman–Crippen LogP) is 5.49. The molecule has 0 aliphatic heterocycles. The molecule has 7 nitrogen and oxygen atoms in total. The van der Waals surface area contributed by atoms with E-state index in [2.05, 4.69) is 28.3 Å². The van der Waals surface area contributed by atoms with Gasteiger partial charge in [-0.25, -0.2) is 4.79 Å². The van der Waals surface area contributed by atoms with Crippen molar-refractivity contribution in [3.63, 3.8) is 0 Å². The molecule has 1 fully saturated rings. The fourth-order valence-corrected chi connectivity index (χ4v) is 4.45. The third kappa shape index (κ3) is 4.91. The maximum Gasteiger partial charge on any atom is 0.413 e. The minimum absolute atomic E-state index is 0.173. The number of anilines is 1. The highest BCUT2D eigenvalue weighted by atomic mass is 16.6. The minimum Gasteiger partial charge on any atom is -0.468 e. The third-order valence-corrected chi connectivity index (χ3v) is 6.77. The molecule has 1 aromatic heterocycles. The molecule has 1 N–H and O–H groups in total. The van der Waals surface area contributed by atoms with Crippen LogP contribution < -0.4 is 5.32 Å². The van der Waals surface area contributed by atoms with Crippen LogP contribution in [0.2, 0.25) is 0 Å². The van der Waals surface area contributed by atoms with Crippen molar-refractivity contribution in [3.8, 4) is 11.8 Å². The van der Waals surface area contributed by atoms with E-state index in [0.29, 0.717) is 11.4 Å². The summed E-state index contributed by atoms with van der Waals surface area (Å²) in [6, 6.07) is 21.5. The Balaban J connectivity index is 1.32. The van der Waals surface area contributed by atoms with Gasteiger partial charge >= 0.3 is 12.1 Å². The predicted molar refractivity (Wildman–Crippen MR) is 141 cm³/mol. The number of benzene rings is 3. The van der Waals surface area contributed by atoms with Gasteiger partial charge in [0.2, 0.25) is 0 Å². The van der Waals surface area contributed by atoms with Crippen molar-refractivity contribution >= 4 is 28.7 Å². The van der Waals surface area contributed by atoms with Gasteiger partial charge in [-0.15, -0.1) is 0 Å². The smallest absolute Gasteiger partial charge is 0.413 e. The number of esters is 1. The number of nitrogens with one attached hydrogen (secondary N) is 1. The maximum atomic E-state index is 12.5. The SMILES string of the molecule is COC(=O)C1(c2ccc3cc(C#Cc4cnn(C)c4NC(=O)OC(C)c4ccccc4)ccc3c2)CC1. The van der Waals surface area contributed by atoms with Gasteiger partial charge in [-0.05, 0) is 53.8 Å². The van der Waals surface area contributed by atoms with Crippen LogP contribution in [0.15, 0.2) is 72.9 Å². The van der Waals surface area contributed by atoms with E-state index in [9.17, 15) is 9.59 Å². The number of nitrogens with zero attached hydrogens (tertiary/aromatic N) is 2. The molecule has 0 saturated heterocycles. The zero-order chi connectivity index (χ0) is 26.0. The van der Waals surface area contributed by atoms with Gasteiger partial charge in [0.05, 0.1) is 24.3 Å². The minimum atomic E-state index is -0.579. The average Bonchev–Trinajstić information content (AvgIpc) is 3.67. The van der Waals surface area contributed by atoms with Crippen LogP contribution in [0.5, 0.6) is 0 Å². The molecule has 1 atom stereocenters. The molecule has 5 rings (SSSR count). The number of ether oxygens (including phenoxy) is 2. The van der Waals surface area contributed by atoms with Crippen molar-refractivity contribution in [1.82, 2.24) is 9.78 Å². The number of amides is 1. The van der Waals surface area contributed by atoms with E-state index in [-0.39, 0.29) is 5.97 Å². The van der Waals surface area contributed by atoms with Crippen molar-refractivity contribution in [1.29, 1.82) is 0 Å². The fraction of sp³-hybridized carbons (Fsp3) is 0.233. The molecule has 4 aromatic rings. The van der Waals surface area contributed by atoms with Crippen LogP contribution in [-0.2, 0) is 26.7 Å². The second kappa shape index (κ2) is 9.82. The van der Waals surface area contributed by atoms with Crippen LogP contribution in [0.25, 0.3) is 10.8 Å². The molecule has 1 amide bonds. The number of carbonyl (C=O) groups excluding carboxylic acids is 2. The summed E-state index contributed by atoms with van der Waals surface area (Å²) in [6.07, 6.45) is 2.26. The number of fused-ring (bicyclic) bond motifs is 1. The van der Waals surface area contributed by atoms with Crippen molar-refractivity contribution in [3.05, 3.63) is 95.2 Å². The largest absolute Gasteiger partial charge is 0.468 e. The van der Waals surface area contributed by atoms with Crippen molar-refractivity contribution in [2.75, 3.05) is 12.4 Å². The monoisotopic (exact) mass is 493 g/mol. The topological polar surface area (TPSA) is 82.5 Å². The molecule has 186 valence electrons. The second-order valence-corrected chi connectivity index (χ2v) is 9.21. The summed E-state index contributed by atoms with van der Waals surface area (Å²) < 4.78 is 12.1. The number of aromatic nitrogens is 2. The Kier molecular flexibility index (Phi) is 6.41. The highest BCUT2D eigenvalue weighted by Crippen LogP contribution is 2.49. The summed E-state index contributed by atoms with van der Waals surface area (Å²) in [6.45, 7) is 1.82. The second-order valence-electron chi connectivity index (χ2n) is 9.21. The van der Waals surface area contributed by atoms with Gasteiger partial charge in [0.1, 0.15) is 11.9 Å². The Morgan fingerprint density at radius 2 is 1.76 bits per heavy atom. The fourth-order valence-electron chi connectivity index (χ4n) is 4.45. The quantitative estimate of drug-likeness (QED) is 0.294. The molecule has 0 spiro atoms. The molecular formula is C30H27N3O4. The van der Waals surface area contributed by atoms with Crippen LogP contribution in [0, 0.1) is 11.8 Å². The maximum absolute atomic E-state index is 12.5. The summed E-state index contributed by atoms with van der Waals surface area (Å²) in [5, 5.41) is 9.07. The van der Waals surface area contributed by atoms with Crippen molar-refractivity contribution in [2.24, 2.45) is 7.05 Å². The van der Waals surface area contributed by atoms with E-state index in [0.717, 1.165) is 40.3 Å². The van der Waals surface area contributed by atoms with E-state index in [4.69, 9.17) is 9.47 Å². The molecule has 37 heavy (non-hydrogen) atoms. The standard InChI is InChI=1S/C30H27N3O4/c1-20(22-7-5-4-6-8-22)37-29(35)32-27-25(19-31-33(27)2)12-10-21-9-11-24-18-26(14-13-23(24)17-21)30(15-16-30)28(34)36-3/h4-9,11,13-14,17-20H,15-16H2,1-3H3,(H,32,35). The van der Waals surface area contributed by atoms with Gasteiger partial charge in [0.15, 0.2) is 0 Å². The third-order valence-electron chi connectivity index (χ3n) is 6.77.